The van der Waals surface area contributed by atoms with Gasteiger partial charge in [0.15, 0.2) is 6.61 Å². The molecule has 0 saturated carbocycles. The lowest BCUT2D eigenvalue weighted by Crippen LogP contribution is -2.27. The molecule has 2 N–H and O–H groups in total. The SMILES string of the molecule is CN(C)C(=O)COc1ccc(NC(=O)c2ccccc2NC(=O)c2ccccc2)cc1. The average Bonchev–Trinajstić information content (AvgIpc) is 2.79. The first-order valence-electron chi connectivity index (χ1n) is 9.64. The van der Waals surface area contributed by atoms with E-state index in [1.54, 1.807) is 86.9 Å². The molecule has 0 atom stereocenters. The maximum atomic E-state index is 12.8. The summed E-state index contributed by atoms with van der Waals surface area (Å²) in [6.45, 7) is -0.0623. The number of para-hydroxylation sites is 1. The number of amides is 3. The Morgan fingerprint density at radius 3 is 2.10 bits per heavy atom. The number of carbonyl (C=O) groups excluding carboxylic acids is 3. The second-order valence-corrected chi connectivity index (χ2v) is 6.92. The monoisotopic (exact) mass is 417 g/mol. The molecule has 0 heterocycles. The Hall–Kier alpha value is -4.13. The van der Waals surface area contributed by atoms with Gasteiger partial charge in [-0.25, -0.2) is 0 Å². The number of anilines is 2. The zero-order valence-electron chi connectivity index (χ0n) is 17.3. The van der Waals surface area contributed by atoms with Gasteiger partial charge >= 0.3 is 0 Å². The van der Waals surface area contributed by atoms with Gasteiger partial charge in [0.1, 0.15) is 5.75 Å². The molecule has 3 aromatic rings. The van der Waals surface area contributed by atoms with E-state index in [0.29, 0.717) is 28.3 Å². The summed E-state index contributed by atoms with van der Waals surface area (Å²) in [7, 11) is 3.31. The number of hydrogen-bond acceptors (Lipinski definition) is 4. The largest absolute Gasteiger partial charge is 0.484 e. The minimum atomic E-state index is -0.361. The predicted octanol–water partition coefficient (Wildman–Crippen LogP) is 3.66. The van der Waals surface area contributed by atoms with Crippen LogP contribution < -0.4 is 15.4 Å². The van der Waals surface area contributed by atoms with Gasteiger partial charge in [0.05, 0.1) is 11.3 Å². The first kappa shape index (κ1) is 21.6. The molecule has 0 fully saturated rings. The van der Waals surface area contributed by atoms with Crippen LogP contribution in [0.3, 0.4) is 0 Å². The van der Waals surface area contributed by atoms with Crippen LogP contribution in [-0.4, -0.2) is 43.3 Å². The molecule has 158 valence electrons. The highest BCUT2D eigenvalue weighted by atomic mass is 16.5. The van der Waals surface area contributed by atoms with Crippen LogP contribution in [-0.2, 0) is 4.79 Å². The number of ether oxygens (including phenoxy) is 1. The second kappa shape index (κ2) is 10.1. The minimum Gasteiger partial charge on any atom is -0.484 e. The Morgan fingerprint density at radius 2 is 1.42 bits per heavy atom. The van der Waals surface area contributed by atoms with Gasteiger partial charge in [0, 0.05) is 25.3 Å². The fourth-order valence-electron chi connectivity index (χ4n) is 2.68. The predicted molar refractivity (Wildman–Crippen MR) is 119 cm³/mol. The maximum absolute atomic E-state index is 12.8. The Kier molecular flexibility index (Phi) is 7.01. The van der Waals surface area contributed by atoms with Gasteiger partial charge in [0.2, 0.25) is 0 Å². The number of hydrogen-bond donors (Lipinski definition) is 2. The summed E-state index contributed by atoms with van der Waals surface area (Å²) >= 11 is 0. The zero-order chi connectivity index (χ0) is 22.2. The molecule has 0 bridgehead atoms. The highest BCUT2D eigenvalue weighted by Gasteiger charge is 2.14. The van der Waals surface area contributed by atoms with E-state index in [0.717, 1.165) is 0 Å². The number of benzene rings is 3. The number of nitrogens with zero attached hydrogens (tertiary/aromatic N) is 1. The molecule has 7 nitrogen and oxygen atoms in total. The molecule has 7 heteroatoms. The molecule has 3 amide bonds. The van der Waals surface area contributed by atoms with Crippen molar-refractivity contribution < 1.29 is 19.1 Å². The van der Waals surface area contributed by atoms with Crippen LogP contribution in [0.4, 0.5) is 11.4 Å². The third kappa shape index (κ3) is 5.93. The topological polar surface area (TPSA) is 87.7 Å². The quantitative estimate of drug-likeness (QED) is 0.614. The van der Waals surface area contributed by atoms with Crippen molar-refractivity contribution in [1.29, 1.82) is 0 Å². The van der Waals surface area contributed by atoms with Gasteiger partial charge in [-0.15, -0.1) is 0 Å². The van der Waals surface area contributed by atoms with E-state index in [1.165, 1.54) is 4.90 Å². The standard InChI is InChI=1S/C24H23N3O4/c1-27(2)22(28)16-31-19-14-12-18(13-15-19)25-24(30)20-10-6-7-11-21(20)26-23(29)17-8-4-3-5-9-17/h3-15H,16H2,1-2H3,(H,25,30)(H,26,29). The molecule has 31 heavy (non-hydrogen) atoms. The molecule has 0 aliphatic rings. The van der Waals surface area contributed by atoms with Gasteiger partial charge in [0.25, 0.3) is 17.7 Å². The highest BCUT2D eigenvalue weighted by molar-refractivity contribution is 6.12. The van der Waals surface area contributed by atoms with Crippen LogP contribution in [0.2, 0.25) is 0 Å². The fraction of sp³-hybridized carbons (Fsp3) is 0.125. The van der Waals surface area contributed by atoms with E-state index in [-0.39, 0.29) is 24.3 Å². The van der Waals surface area contributed by atoms with Crippen molar-refractivity contribution in [3.05, 3.63) is 90.0 Å². The van der Waals surface area contributed by atoms with Gasteiger partial charge in [-0.3, -0.25) is 14.4 Å². The molecular weight excluding hydrogens is 394 g/mol. The molecule has 3 rings (SSSR count). The van der Waals surface area contributed by atoms with E-state index in [4.69, 9.17) is 4.74 Å². The zero-order valence-corrected chi connectivity index (χ0v) is 17.3. The normalized spacial score (nSPS) is 10.1. The summed E-state index contributed by atoms with van der Waals surface area (Å²) in [5.74, 6) is -0.287. The Morgan fingerprint density at radius 1 is 0.774 bits per heavy atom. The summed E-state index contributed by atoms with van der Waals surface area (Å²) in [6.07, 6.45) is 0. The Labute approximate surface area is 180 Å². The number of nitrogens with one attached hydrogen (secondary N) is 2. The lowest BCUT2D eigenvalue weighted by molar-refractivity contribution is -0.130. The molecule has 0 spiro atoms. The van der Waals surface area contributed by atoms with E-state index in [9.17, 15) is 14.4 Å². The number of rotatable bonds is 7. The van der Waals surface area contributed by atoms with Crippen LogP contribution in [0.15, 0.2) is 78.9 Å². The van der Waals surface area contributed by atoms with Crippen molar-refractivity contribution in [3.8, 4) is 5.75 Å². The Bertz CT molecular complexity index is 1060. The first-order valence-corrected chi connectivity index (χ1v) is 9.64. The van der Waals surface area contributed by atoms with Gasteiger partial charge in [-0.05, 0) is 48.5 Å². The third-order valence-electron chi connectivity index (χ3n) is 4.43. The van der Waals surface area contributed by atoms with Crippen LogP contribution in [0.1, 0.15) is 20.7 Å². The van der Waals surface area contributed by atoms with Gasteiger partial charge < -0.3 is 20.3 Å². The summed E-state index contributed by atoms with van der Waals surface area (Å²) in [5, 5.41) is 5.58. The molecule has 0 aromatic heterocycles. The van der Waals surface area contributed by atoms with E-state index >= 15 is 0 Å². The van der Waals surface area contributed by atoms with E-state index in [1.807, 2.05) is 6.07 Å². The van der Waals surface area contributed by atoms with Crippen molar-refractivity contribution in [1.82, 2.24) is 4.90 Å². The minimum absolute atomic E-state index is 0.0623. The van der Waals surface area contributed by atoms with Crippen molar-refractivity contribution in [2.75, 3.05) is 31.3 Å². The van der Waals surface area contributed by atoms with E-state index in [2.05, 4.69) is 10.6 Å². The van der Waals surface area contributed by atoms with Crippen molar-refractivity contribution in [2.45, 2.75) is 0 Å². The fourth-order valence-corrected chi connectivity index (χ4v) is 2.68. The third-order valence-corrected chi connectivity index (χ3v) is 4.43. The number of carbonyl (C=O) groups is 3. The molecule has 0 aliphatic carbocycles. The van der Waals surface area contributed by atoms with Crippen LogP contribution >= 0.6 is 0 Å². The summed E-state index contributed by atoms with van der Waals surface area (Å²) in [5.41, 5.74) is 1.81. The first-order chi connectivity index (χ1) is 14.9. The lowest BCUT2D eigenvalue weighted by atomic mass is 10.1. The number of likely N-dealkylation sites (N-methyl/N-ethyl adjacent to an activating group) is 1. The summed E-state index contributed by atoms with van der Waals surface area (Å²) in [4.78, 5) is 38.3. The van der Waals surface area contributed by atoms with Crippen molar-refractivity contribution in [2.24, 2.45) is 0 Å². The smallest absolute Gasteiger partial charge is 0.259 e. The van der Waals surface area contributed by atoms with Gasteiger partial charge in [-0.2, -0.15) is 0 Å². The maximum Gasteiger partial charge on any atom is 0.259 e. The molecule has 0 aliphatic heterocycles. The summed E-state index contributed by atoms with van der Waals surface area (Å²) in [6, 6.07) is 22.3. The molecule has 0 saturated heterocycles. The highest BCUT2D eigenvalue weighted by Crippen LogP contribution is 2.20. The van der Waals surface area contributed by atoms with E-state index < -0.39 is 0 Å². The van der Waals surface area contributed by atoms with Crippen LogP contribution in [0, 0.1) is 0 Å². The van der Waals surface area contributed by atoms with Gasteiger partial charge in [-0.1, -0.05) is 30.3 Å². The molecule has 0 unspecified atom stereocenters. The molecule has 3 aromatic carbocycles. The Balaban J connectivity index is 1.66. The van der Waals surface area contributed by atoms with Crippen LogP contribution in [0.25, 0.3) is 0 Å². The van der Waals surface area contributed by atoms with Crippen molar-refractivity contribution in [3.63, 3.8) is 0 Å². The summed E-state index contributed by atoms with van der Waals surface area (Å²) < 4.78 is 5.43. The second-order valence-electron chi connectivity index (χ2n) is 6.92. The van der Waals surface area contributed by atoms with Crippen LogP contribution in [0.5, 0.6) is 5.75 Å². The molecule has 0 radical (unpaired) electrons. The average molecular weight is 417 g/mol. The molecular formula is C24H23N3O4. The van der Waals surface area contributed by atoms with Crippen molar-refractivity contribution >= 4 is 29.1 Å². The lowest BCUT2D eigenvalue weighted by Gasteiger charge is -2.13.